The van der Waals surface area contributed by atoms with Crippen LogP contribution in [0.3, 0.4) is 0 Å². The van der Waals surface area contributed by atoms with Crippen molar-refractivity contribution in [3.05, 3.63) is 91.4 Å². The second-order valence-electron chi connectivity index (χ2n) is 8.95. The molecule has 0 aliphatic heterocycles. The minimum absolute atomic E-state index is 0.0821. The van der Waals surface area contributed by atoms with E-state index in [2.05, 4.69) is 16.0 Å². The van der Waals surface area contributed by atoms with Gasteiger partial charge in [0, 0.05) is 30.4 Å². The highest BCUT2D eigenvalue weighted by Crippen LogP contribution is 2.33. The van der Waals surface area contributed by atoms with E-state index in [1.807, 2.05) is 0 Å². The molecule has 1 saturated carbocycles. The Morgan fingerprint density at radius 3 is 2.32 bits per heavy atom. The minimum Gasteiger partial charge on any atom is -0.355 e. The zero-order valence-electron chi connectivity index (χ0n) is 20.1. The number of hydrogen-bond acceptors (Lipinski definition) is 6. The largest absolute Gasteiger partial charge is 0.355 e. The van der Waals surface area contributed by atoms with Crippen LogP contribution < -0.4 is 26.8 Å². The van der Waals surface area contributed by atoms with Crippen LogP contribution in [-0.2, 0) is 17.1 Å². The highest BCUT2D eigenvalue weighted by molar-refractivity contribution is 7.92. The molecule has 37 heavy (non-hydrogen) atoms. The molecule has 1 aliphatic rings. The molecule has 0 saturated heterocycles. The number of fused-ring (bicyclic) bond motifs is 1. The molecule has 0 atom stereocenters. The van der Waals surface area contributed by atoms with E-state index in [0.29, 0.717) is 29.8 Å². The van der Waals surface area contributed by atoms with Gasteiger partial charge in [0.25, 0.3) is 11.1 Å². The Hall–Kier alpha value is -4.56. The molecule has 0 amide bonds. The van der Waals surface area contributed by atoms with Crippen molar-refractivity contribution < 1.29 is 8.42 Å². The Kier molecular flexibility index (Phi) is 5.76. The normalized spacial score (nSPS) is 13.3. The van der Waals surface area contributed by atoms with Gasteiger partial charge in [-0.15, -0.1) is 6.42 Å². The van der Waals surface area contributed by atoms with Crippen LogP contribution in [0.15, 0.2) is 69.0 Å². The third-order valence-electron chi connectivity index (χ3n) is 6.10. The van der Waals surface area contributed by atoms with E-state index in [4.69, 9.17) is 6.42 Å². The molecule has 2 aromatic carbocycles. The van der Waals surface area contributed by atoms with Gasteiger partial charge in [-0.05, 0) is 55.3 Å². The van der Waals surface area contributed by atoms with Crippen LogP contribution in [0.4, 0.5) is 17.1 Å². The number of nitrogens with one attached hydrogen (secondary N) is 2. The van der Waals surface area contributed by atoms with Crippen LogP contribution in [0.5, 0.6) is 0 Å². The summed E-state index contributed by atoms with van der Waals surface area (Å²) in [4.78, 5) is 40.5. The van der Waals surface area contributed by atoms with E-state index < -0.39 is 26.8 Å². The molecule has 2 N–H and O–H groups in total. The van der Waals surface area contributed by atoms with Crippen LogP contribution in [-0.4, -0.2) is 28.4 Å². The van der Waals surface area contributed by atoms with Gasteiger partial charge in [-0.1, -0.05) is 12.0 Å². The number of hydrogen-bond donors (Lipinski definition) is 2. The molecule has 11 heteroatoms. The van der Waals surface area contributed by atoms with E-state index in [-0.39, 0.29) is 28.5 Å². The molecule has 2 aromatic heterocycles. The van der Waals surface area contributed by atoms with Gasteiger partial charge in [-0.2, -0.15) is 0 Å². The SMILES string of the molecule is C#Cc1ccc(Nc2cc(=O)n(C)c3c2c(=O)n(C2CC2)c(=O)n3-c2cccc(NS(C)(=O)=O)c2)cc1. The second-order valence-corrected chi connectivity index (χ2v) is 10.7. The first kappa shape index (κ1) is 24.1. The van der Waals surface area contributed by atoms with E-state index in [9.17, 15) is 22.8 Å². The second kappa shape index (κ2) is 8.83. The number of rotatable bonds is 6. The summed E-state index contributed by atoms with van der Waals surface area (Å²) in [5.74, 6) is 2.54. The highest BCUT2D eigenvalue weighted by Gasteiger charge is 2.31. The molecule has 1 aliphatic carbocycles. The third kappa shape index (κ3) is 4.54. The van der Waals surface area contributed by atoms with Crippen molar-refractivity contribution in [2.75, 3.05) is 16.3 Å². The number of aromatic nitrogens is 3. The van der Waals surface area contributed by atoms with Gasteiger partial charge in [-0.25, -0.2) is 17.8 Å². The van der Waals surface area contributed by atoms with Crippen LogP contribution in [0.1, 0.15) is 24.4 Å². The highest BCUT2D eigenvalue weighted by atomic mass is 32.2. The number of benzene rings is 2. The zero-order valence-corrected chi connectivity index (χ0v) is 20.9. The van der Waals surface area contributed by atoms with Gasteiger partial charge in [0.1, 0.15) is 11.0 Å². The molecule has 4 aromatic rings. The fraction of sp³-hybridized carbons (Fsp3) is 0.192. The average Bonchev–Trinajstić information content (AvgIpc) is 3.67. The van der Waals surface area contributed by atoms with E-state index >= 15 is 0 Å². The summed E-state index contributed by atoms with van der Waals surface area (Å²) in [5, 5.41) is 3.28. The predicted molar refractivity (Wildman–Crippen MR) is 143 cm³/mol. The van der Waals surface area contributed by atoms with Crippen molar-refractivity contribution >= 4 is 38.1 Å². The molecule has 0 spiro atoms. The lowest BCUT2D eigenvalue weighted by Gasteiger charge is -2.19. The molecular formula is C26H23N5O5S. The van der Waals surface area contributed by atoms with Crippen LogP contribution in [0.25, 0.3) is 16.7 Å². The van der Waals surface area contributed by atoms with Crippen molar-refractivity contribution in [2.45, 2.75) is 18.9 Å². The Labute approximate surface area is 211 Å². The Bertz CT molecular complexity index is 1890. The Morgan fingerprint density at radius 1 is 1.00 bits per heavy atom. The van der Waals surface area contributed by atoms with Crippen LogP contribution in [0.2, 0.25) is 0 Å². The number of aryl methyl sites for hydroxylation is 1. The Balaban J connectivity index is 1.83. The Morgan fingerprint density at radius 2 is 1.70 bits per heavy atom. The fourth-order valence-corrected chi connectivity index (χ4v) is 4.83. The number of nitrogens with zero attached hydrogens (tertiary/aromatic N) is 3. The molecule has 2 heterocycles. The molecule has 1 fully saturated rings. The van der Waals surface area contributed by atoms with Gasteiger partial charge >= 0.3 is 5.69 Å². The number of sulfonamides is 1. The zero-order chi connectivity index (χ0) is 26.5. The van der Waals surface area contributed by atoms with Crippen LogP contribution >= 0.6 is 0 Å². The molecule has 0 radical (unpaired) electrons. The molecule has 10 nitrogen and oxygen atoms in total. The summed E-state index contributed by atoms with van der Waals surface area (Å²) in [5.41, 5.74) is 0.557. The maximum absolute atomic E-state index is 13.7. The van der Waals surface area contributed by atoms with Gasteiger partial charge in [-0.3, -0.25) is 23.4 Å². The standard InChI is InChI=1S/C26H23N5O5S/c1-4-16-8-10-17(11-9-16)27-21-15-22(32)29(2)24-23(21)25(33)31(19-12-13-19)26(34)30(24)20-7-5-6-18(14-20)28-37(3,35)36/h1,5-11,14-15,19,27-28H,12-13H2,2-3H3. The molecule has 188 valence electrons. The number of pyridine rings is 1. The van der Waals surface area contributed by atoms with E-state index in [1.165, 1.54) is 32.9 Å². The first-order chi connectivity index (χ1) is 17.6. The lowest BCUT2D eigenvalue weighted by atomic mass is 10.2. The first-order valence-electron chi connectivity index (χ1n) is 11.4. The van der Waals surface area contributed by atoms with Gasteiger partial charge in [0.05, 0.1) is 23.3 Å². The summed E-state index contributed by atoms with van der Waals surface area (Å²) in [7, 11) is -2.10. The minimum atomic E-state index is -3.58. The van der Waals surface area contributed by atoms with Gasteiger partial charge < -0.3 is 5.32 Å². The summed E-state index contributed by atoms with van der Waals surface area (Å²) < 4.78 is 29.7. The first-order valence-corrected chi connectivity index (χ1v) is 13.3. The van der Waals surface area contributed by atoms with E-state index in [1.54, 1.807) is 42.5 Å². The summed E-state index contributed by atoms with van der Waals surface area (Å²) in [6.45, 7) is 0. The van der Waals surface area contributed by atoms with Crippen molar-refractivity contribution in [1.29, 1.82) is 0 Å². The predicted octanol–water partition coefficient (Wildman–Crippen LogP) is 2.28. The number of terminal acetylenes is 1. The monoisotopic (exact) mass is 517 g/mol. The molecular weight excluding hydrogens is 494 g/mol. The maximum Gasteiger partial charge on any atom is 0.337 e. The van der Waals surface area contributed by atoms with Crippen molar-refractivity contribution in [3.8, 4) is 18.0 Å². The lowest BCUT2D eigenvalue weighted by Crippen LogP contribution is -2.41. The summed E-state index contributed by atoms with van der Waals surface area (Å²) in [6.07, 6.45) is 7.81. The fourth-order valence-electron chi connectivity index (χ4n) is 4.28. The molecule has 0 bridgehead atoms. The quantitative estimate of drug-likeness (QED) is 0.378. The summed E-state index contributed by atoms with van der Waals surface area (Å²) >= 11 is 0. The summed E-state index contributed by atoms with van der Waals surface area (Å²) in [6, 6.07) is 14.2. The topological polar surface area (TPSA) is 124 Å². The van der Waals surface area contributed by atoms with Crippen molar-refractivity contribution in [2.24, 2.45) is 7.05 Å². The molecule has 5 rings (SSSR count). The number of anilines is 3. The average molecular weight is 518 g/mol. The van der Waals surface area contributed by atoms with Gasteiger partial charge in [0.2, 0.25) is 10.0 Å². The maximum atomic E-state index is 13.7. The van der Waals surface area contributed by atoms with Crippen LogP contribution in [0, 0.1) is 12.3 Å². The van der Waals surface area contributed by atoms with E-state index in [0.717, 1.165) is 6.26 Å². The third-order valence-corrected chi connectivity index (χ3v) is 6.71. The van der Waals surface area contributed by atoms with Gasteiger partial charge in [0.15, 0.2) is 0 Å². The molecule has 0 unspecified atom stereocenters. The van der Waals surface area contributed by atoms with Crippen molar-refractivity contribution in [1.82, 2.24) is 13.7 Å². The smallest absolute Gasteiger partial charge is 0.337 e. The van der Waals surface area contributed by atoms with Crippen molar-refractivity contribution in [3.63, 3.8) is 0 Å². The lowest BCUT2D eigenvalue weighted by molar-refractivity contribution is 0.607.